The van der Waals surface area contributed by atoms with Crippen LogP contribution in [0.2, 0.25) is 0 Å². The molecule has 2 aliphatic heterocycles. The number of allylic oxidation sites excluding steroid dienone is 4. The third-order valence-corrected chi connectivity index (χ3v) is 11.8. The predicted octanol–water partition coefficient (Wildman–Crippen LogP) is 6.59. The number of hydrogen-bond acceptors (Lipinski definition) is 7. The summed E-state index contributed by atoms with van der Waals surface area (Å²) in [7, 11) is 0. The number of benzene rings is 2. The molecule has 10 nitrogen and oxygen atoms in total. The van der Waals surface area contributed by atoms with Gasteiger partial charge in [0.1, 0.15) is 24.4 Å². The summed E-state index contributed by atoms with van der Waals surface area (Å²) in [5.41, 5.74) is 5.05. The largest absolute Gasteiger partial charge is 0.449 e. The fourth-order valence-electron chi connectivity index (χ4n) is 8.44. The Morgan fingerprint density at radius 3 is 2.35 bits per heavy atom. The van der Waals surface area contributed by atoms with Gasteiger partial charge in [0.15, 0.2) is 0 Å². The maximum atomic E-state index is 12.7. The highest BCUT2D eigenvalue weighted by Crippen LogP contribution is 2.45. The number of aliphatic hydroxyl groups excluding tert-OH is 1. The van der Waals surface area contributed by atoms with E-state index in [2.05, 4.69) is 80.9 Å². The molecule has 0 bridgehead atoms. The second-order valence-corrected chi connectivity index (χ2v) is 16.5. The molecule has 3 fully saturated rings. The van der Waals surface area contributed by atoms with E-state index in [4.69, 9.17) is 14.2 Å². The van der Waals surface area contributed by atoms with Gasteiger partial charge in [0, 0.05) is 37.9 Å². The quantitative estimate of drug-likeness (QED) is 0.0971. The number of carbonyl (C=O) groups is 3. The van der Waals surface area contributed by atoms with Gasteiger partial charge in [-0.25, -0.2) is 4.79 Å². The van der Waals surface area contributed by atoms with Crippen LogP contribution in [0.1, 0.15) is 83.8 Å². The van der Waals surface area contributed by atoms with Crippen molar-refractivity contribution in [2.75, 3.05) is 26.3 Å². The molecule has 2 heterocycles. The fraction of sp³-hybridized carbons (Fsp3) is 0.533. The lowest BCUT2D eigenvalue weighted by Crippen LogP contribution is -2.52. The number of fused-ring (bicyclic) bond motifs is 3. The summed E-state index contributed by atoms with van der Waals surface area (Å²) in [4.78, 5) is 37.7. The van der Waals surface area contributed by atoms with Crippen LogP contribution in [0.3, 0.4) is 0 Å². The molecule has 6 rings (SSSR count). The molecule has 0 unspecified atom stereocenters. The van der Waals surface area contributed by atoms with Crippen LogP contribution in [0.15, 0.2) is 84.5 Å². The van der Waals surface area contributed by atoms with Crippen molar-refractivity contribution in [3.05, 3.63) is 95.6 Å². The van der Waals surface area contributed by atoms with E-state index >= 15 is 0 Å². The Morgan fingerprint density at radius 2 is 1.67 bits per heavy atom. The van der Waals surface area contributed by atoms with Crippen molar-refractivity contribution in [1.29, 1.82) is 0 Å². The molecule has 1 spiro atoms. The lowest BCUT2D eigenvalue weighted by atomic mass is 9.71. The first-order valence-corrected chi connectivity index (χ1v) is 20.1. The Kier molecular flexibility index (Phi) is 13.3. The average molecular weight is 754 g/mol. The van der Waals surface area contributed by atoms with Crippen LogP contribution >= 0.6 is 0 Å². The molecule has 4 aliphatic rings. The van der Waals surface area contributed by atoms with E-state index in [9.17, 15) is 19.5 Å². The van der Waals surface area contributed by atoms with E-state index in [0.29, 0.717) is 36.7 Å². The van der Waals surface area contributed by atoms with Crippen molar-refractivity contribution in [1.82, 2.24) is 16.0 Å². The highest BCUT2D eigenvalue weighted by Gasteiger charge is 2.58. The third kappa shape index (κ3) is 10.3. The van der Waals surface area contributed by atoms with Gasteiger partial charge in [-0.2, -0.15) is 0 Å². The molecule has 8 atom stereocenters. The van der Waals surface area contributed by atoms with Crippen molar-refractivity contribution >= 4 is 17.9 Å². The average Bonchev–Trinajstić information content (AvgIpc) is 3.87. The molecule has 10 heteroatoms. The van der Waals surface area contributed by atoms with Gasteiger partial charge in [-0.1, -0.05) is 106 Å². The molecule has 2 aromatic carbocycles. The number of epoxide rings is 1. The summed E-state index contributed by atoms with van der Waals surface area (Å²) in [5.74, 6) is 1.51. The van der Waals surface area contributed by atoms with Gasteiger partial charge in [0.25, 0.3) is 0 Å². The summed E-state index contributed by atoms with van der Waals surface area (Å²) < 4.78 is 17.6. The van der Waals surface area contributed by atoms with E-state index in [-0.39, 0.29) is 56.0 Å². The predicted molar refractivity (Wildman–Crippen MR) is 213 cm³/mol. The van der Waals surface area contributed by atoms with Crippen LogP contribution in [-0.4, -0.2) is 79.3 Å². The van der Waals surface area contributed by atoms with Crippen molar-refractivity contribution in [3.8, 4) is 11.1 Å². The van der Waals surface area contributed by atoms with Crippen LogP contribution in [0.5, 0.6) is 0 Å². The Bertz CT molecular complexity index is 1720. The summed E-state index contributed by atoms with van der Waals surface area (Å²) in [6, 6.07) is 16.5. The number of hydrogen-bond donors (Lipinski definition) is 4. The van der Waals surface area contributed by atoms with Crippen LogP contribution in [0.25, 0.3) is 11.1 Å². The monoisotopic (exact) mass is 753 g/mol. The zero-order valence-electron chi connectivity index (χ0n) is 33.0. The number of carbonyl (C=O) groups excluding carboxylic acids is 3. The second-order valence-electron chi connectivity index (χ2n) is 16.5. The first-order chi connectivity index (χ1) is 26.4. The van der Waals surface area contributed by atoms with Gasteiger partial charge in [-0.15, -0.1) is 0 Å². The zero-order valence-corrected chi connectivity index (χ0v) is 33.0. The smallest absolute Gasteiger partial charge is 0.407 e. The van der Waals surface area contributed by atoms with Crippen molar-refractivity contribution in [2.45, 2.75) is 103 Å². The van der Waals surface area contributed by atoms with Crippen LogP contribution in [-0.2, 0) is 23.8 Å². The Balaban J connectivity index is 0.913. The maximum absolute atomic E-state index is 12.7. The lowest BCUT2D eigenvalue weighted by molar-refractivity contribution is -0.136. The van der Waals surface area contributed by atoms with Crippen LogP contribution in [0, 0.1) is 23.7 Å². The number of rotatable bonds is 14. The minimum atomic E-state index is -0.799. The number of amides is 3. The van der Waals surface area contributed by atoms with Crippen molar-refractivity contribution in [2.24, 2.45) is 23.7 Å². The maximum Gasteiger partial charge on any atom is 0.407 e. The molecule has 1 saturated carbocycles. The molecule has 0 radical (unpaired) electrons. The first-order valence-electron chi connectivity index (χ1n) is 20.1. The van der Waals surface area contributed by atoms with E-state index < -0.39 is 23.9 Å². The molecule has 2 aliphatic carbocycles. The topological polar surface area (TPSA) is 139 Å². The summed E-state index contributed by atoms with van der Waals surface area (Å²) >= 11 is 0. The molecule has 2 saturated heterocycles. The Hall–Kier alpha value is -4.25. The van der Waals surface area contributed by atoms with Gasteiger partial charge in [-0.05, 0) is 78.2 Å². The van der Waals surface area contributed by atoms with Crippen molar-refractivity contribution in [3.63, 3.8) is 0 Å². The van der Waals surface area contributed by atoms with Gasteiger partial charge < -0.3 is 35.3 Å². The standard InChI is InChI=1S/C45H59N3O7/c1-28(2)14-19-42(50)48-39-23-30(4)32(22-31(39)5)17-15-29(3)16-18-40-43(51)45(27-54-45)24-33(55-40)25-47-41(49)20-21-46-44(52)53-26-38-36-12-8-6-10-34(36)35-11-7-9-13-37(35)38/h6-16,18-19,28,30-33,38-40,43,51H,17,20-27H2,1-5H3,(H,46,52)(H,47,49)(H,48,50)/b18-16+,19-14-,29-15+/t30-,31-,32+,33-,39+,40+,43+,45+/m0/s1. The third-order valence-electron chi connectivity index (χ3n) is 11.8. The summed E-state index contributed by atoms with van der Waals surface area (Å²) in [6.45, 7) is 11.8. The van der Waals surface area contributed by atoms with E-state index in [0.717, 1.165) is 47.1 Å². The molecule has 2 aromatic rings. The highest BCUT2D eigenvalue weighted by molar-refractivity contribution is 5.87. The number of nitrogens with one attached hydrogen (secondary N) is 3. The highest BCUT2D eigenvalue weighted by atomic mass is 16.6. The first kappa shape index (κ1) is 40.4. The van der Waals surface area contributed by atoms with Crippen molar-refractivity contribution < 1.29 is 33.7 Å². The Labute approximate surface area is 326 Å². The molecule has 55 heavy (non-hydrogen) atoms. The minimum Gasteiger partial charge on any atom is -0.449 e. The Morgan fingerprint density at radius 1 is 0.982 bits per heavy atom. The number of aliphatic hydroxyl groups is 1. The fourth-order valence-corrected chi connectivity index (χ4v) is 8.44. The number of ether oxygens (including phenoxy) is 3. The normalized spacial score (nSPS) is 29.0. The van der Waals surface area contributed by atoms with Gasteiger partial charge >= 0.3 is 6.09 Å². The van der Waals surface area contributed by atoms with Gasteiger partial charge in [-0.3, -0.25) is 9.59 Å². The van der Waals surface area contributed by atoms with E-state index in [1.165, 1.54) is 0 Å². The number of alkyl carbamates (subject to hydrolysis) is 1. The molecular weight excluding hydrogens is 695 g/mol. The summed E-state index contributed by atoms with van der Waals surface area (Å²) in [5, 5.41) is 19.9. The van der Waals surface area contributed by atoms with Gasteiger partial charge in [0.05, 0.1) is 12.7 Å². The molecule has 3 amide bonds. The minimum absolute atomic E-state index is 0.00665. The van der Waals surface area contributed by atoms with E-state index in [1.54, 1.807) is 6.08 Å². The SMILES string of the molecule is CC(/C=C/[C@H]1O[C@H](CNC(=O)CCNC(=O)OCC2c3ccccc3-c3ccccc32)C[C@@]2(CO2)[C@@H]1O)=C\C[C@@H]1C[C@H](C)[C@H](NC(=O)/C=C\C(C)C)C[C@@H]1C. The molecule has 0 aromatic heterocycles. The zero-order chi connectivity index (χ0) is 39.1. The lowest BCUT2D eigenvalue weighted by Gasteiger charge is -2.39. The van der Waals surface area contributed by atoms with Crippen LogP contribution in [0.4, 0.5) is 4.79 Å². The molecule has 4 N–H and O–H groups in total. The molecule has 296 valence electrons. The second kappa shape index (κ2) is 18.1. The van der Waals surface area contributed by atoms with Gasteiger partial charge in [0.2, 0.25) is 11.8 Å². The van der Waals surface area contributed by atoms with Crippen LogP contribution < -0.4 is 16.0 Å². The van der Waals surface area contributed by atoms with E-state index in [1.807, 2.05) is 42.5 Å². The molecular formula is C45H59N3O7. The summed E-state index contributed by atoms with van der Waals surface area (Å²) in [6.07, 6.45) is 11.0.